The Balaban J connectivity index is 2.26. The second-order valence-corrected chi connectivity index (χ2v) is 4.89. The molecule has 1 amide bonds. The van der Waals surface area contributed by atoms with E-state index in [1.54, 1.807) is 12.1 Å². The molecule has 2 rings (SSSR count). The summed E-state index contributed by atoms with van der Waals surface area (Å²) in [5.41, 5.74) is -0.382. The van der Waals surface area contributed by atoms with Crippen LogP contribution in [0.4, 0.5) is 4.79 Å². The molecule has 1 fully saturated rings. The molecule has 0 saturated heterocycles. The average Bonchev–Trinajstić information content (AvgIpc) is 2.48. The summed E-state index contributed by atoms with van der Waals surface area (Å²) in [6.07, 6.45) is 3.58. The topological polar surface area (TPSA) is 55.4 Å². The van der Waals surface area contributed by atoms with E-state index in [-0.39, 0.29) is 5.78 Å². The smallest absolute Gasteiger partial charge is 0.407 e. The quantitative estimate of drug-likeness (QED) is 0.851. The van der Waals surface area contributed by atoms with Gasteiger partial charge in [-0.2, -0.15) is 0 Å². The molecule has 4 heteroatoms. The summed E-state index contributed by atoms with van der Waals surface area (Å²) in [6.45, 7) is 0. The van der Waals surface area contributed by atoms with E-state index in [1.165, 1.54) is 7.05 Å². The monoisotopic (exact) mass is 261 g/mol. The molecular formula is C15H19NO3. The van der Waals surface area contributed by atoms with Crippen molar-refractivity contribution in [3.63, 3.8) is 0 Å². The standard InChI is InChI=1S/C15H19NO3/c1-16-14(18)19-15(10-6-3-7-11-15)13(17)12-8-4-2-5-9-12/h2,4-5,8-9H,3,6-7,10-11H2,1H3,(H,16,18). The first kappa shape index (κ1) is 13.6. The SMILES string of the molecule is CNC(=O)OC1(C(=O)c2ccccc2)CCCCC1. The van der Waals surface area contributed by atoms with Crippen LogP contribution in [0, 0.1) is 0 Å². The highest BCUT2D eigenvalue weighted by Crippen LogP contribution is 2.34. The van der Waals surface area contributed by atoms with Crippen molar-refractivity contribution in [2.45, 2.75) is 37.7 Å². The number of carbonyl (C=O) groups is 2. The minimum absolute atomic E-state index is 0.0867. The Kier molecular flexibility index (Phi) is 4.20. The second-order valence-electron chi connectivity index (χ2n) is 4.89. The van der Waals surface area contributed by atoms with Gasteiger partial charge in [0, 0.05) is 12.6 Å². The van der Waals surface area contributed by atoms with Crippen LogP contribution in [0.3, 0.4) is 0 Å². The van der Waals surface area contributed by atoms with Crippen molar-refractivity contribution in [1.82, 2.24) is 5.32 Å². The Bertz CT molecular complexity index is 450. The Hall–Kier alpha value is -1.84. The predicted molar refractivity (Wildman–Crippen MR) is 72.1 cm³/mol. The molecule has 1 aliphatic carbocycles. The number of hydrogen-bond acceptors (Lipinski definition) is 3. The van der Waals surface area contributed by atoms with Crippen LogP contribution in [-0.4, -0.2) is 24.5 Å². The summed E-state index contributed by atoms with van der Waals surface area (Å²) >= 11 is 0. The van der Waals surface area contributed by atoms with Crippen molar-refractivity contribution in [2.24, 2.45) is 0 Å². The van der Waals surface area contributed by atoms with Gasteiger partial charge in [0.2, 0.25) is 5.78 Å². The zero-order valence-electron chi connectivity index (χ0n) is 11.1. The maximum Gasteiger partial charge on any atom is 0.407 e. The highest BCUT2D eigenvalue weighted by atomic mass is 16.6. The number of nitrogens with one attached hydrogen (secondary N) is 1. The van der Waals surface area contributed by atoms with Crippen LogP contribution in [-0.2, 0) is 4.74 Å². The van der Waals surface area contributed by atoms with E-state index in [0.717, 1.165) is 19.3 Å². The van der Waals surface area contributed by atoms with Crippen LogP contribution in [0.2, 0.25) is 0 Å². The molecule has 0 atom stereocenters. The predicted octanol–water partition coefficient (Wildman–Crippen LogP) is 2.93. The van der Waals surface area contributed by atoms with Gasteiger partial charge >= 0.3 is 6.09 Å². The van der Waals surface area contributed by atoms with Crippen molar-refractivity contribution in [3.8, 4) is 0 Å². The molecule has 1 saturated carbocycles. The number of rotatable bonds is 3. The zero-order chi connectivity index (χ0) is 13.7. The molecule has 0 heterocycles. The molecule has 0 aliphatic heterocycles. The van der Waals surface area contributed by atoms with Gasteiger partial charge in [0.25, 0.3) is 0 Å². The maximum absolute atomic E-state index is 12.7. The van der Waals surface area contributed by atoms with Crippen LogP contribution in [0.5, 0.6) is 0 Å². The van der Waals surface area contributed by atoms with Gasteiger partial charge in [0.1, 0.15) is 0 Å². The summed E-state index contributed by atoms with van der Waals surface area (Å²) < 4.78 is 5.44. The lowest BCUT2D eigenvalue weighted by molar-refractivity contribution is -0.00346. The largest absolute Gasteiger partial charge is 0.435 e. The van der Waals surface area contributed by atoms with Crippen molar-refractivity contribution >= 4 is 11.9 Å². The number of ketones is 1. The third kappa shape index (κ3) is 2.95. The summed E-state index contributed by atoms with van der Waals surface area (Å²) in [6, 6.07) is 9.05. The summed E-state index contributed by atoms with van der Waals surface area (Å²) in [5, 5.41) is 2.43. The maximum atomic E-state index is 12.7. The summed E-state index contributed by atoms with van der Waals surface area (Å²) in [7, 11) is 1.51. The van der Waals surface area contributed by atoms with Gasteiger partial charge in [0.15, 0.2) is 5.60 Å². The Morgan fingerprint density at radius 2 is 1.74 bits per heavy atom. The van der Waals surface area contributed by atoms with E-state index in [2.05, 4.69) is 5.32 Å². The van der Waals surface area contributed by atoms with E-state index >= 15 is 0 Å². The number of hydrogen-bond donors (Lipinski definition) is 1. The molecule has 1 aliphatic rings. The molecule has 1 N–H and O–H groups in total. The van der Waals surface area contributed by atoms with E-state index in [1.807, 2.05) is 18.2 Å². The molecular weight excluding hydrogens is 242 g/mol. The molecule has 0 radical (unpaired) electrons. The third-order valence-electron chi connectivity index (χ3n) is 3.60. The second kappa shape index (κ2) is 5.87. The minimum atomic E-state index is -0.986. The lowest BCUT2D eigenvalue weighted by Crippen LogP contribution is -2.46. The number of Topliss-reactive ketones (excluding diaryl/α,β-unsaturated/α-hetero) is 1. The summed E-state index contributed by atoms with van der Waals surface area (Å²) in [4.78, 5) is 24.2. The van der Waals surface area contributed by atoms with Gasteiger partial charge in [-0.15, -0.1) is 0 Å². The van der Waals surface area contributed by atoms with E-state index in [0.29, 0.717) is 18.4 Å². The molecule has 19 heavy (non-hydrogen) atoms. The van der Waals surface area contributed by atoms with Crippen LogP contribution in [0.25, 0.3) is 0 Å². The van der Waals surface area contributed by atoms with Gasteiger partial charge in [-0.25, -0.2) is 4.79 Å². The minimum Gasteiger partial charge on any atom is -0.435 e. The Labute approximate surface area is 113 Å². The molecule has 4 nitrogen and oxygen atoms in total. The number of benzene rings is 1. The fraction of sp³-hybridized carbons (Fsp3) is 0.467. The fourth-order valence-corrected chi connectivity index (χ4v) is 2.58. The van der Waals surface area contributed by atoms with Crippen molar-refractivity contribution in [1.29, 1.82) is 0 Å². The first-order valence-corrected chi connectivity index (χ1v) is 6.68. The van der Waals surface area contributed by atoms with Gasteiger partial charge in [-0.05, 0) is 25.7 Å². The number of alkyl carbamates (subject to hydrolysis) is 1. The van der Waals surface area contributed by atoms with Crippen molar-refractivity contribution in [2.75, 3.05) is 7.05 Å². The first-order valence-electron chi connectivity index (χ1n) is 6.68. The van der Waals surface area contributed by atoms with Crippen LogP contribution >= 0.6 is 0 Å². The summed E-state index contributed by atoms with van der Waals surface area (Å²) in [5.74, 6) is -0.0867. The van der Waals surface area contributed by atoms with Crippen LogP contribution < -0.4 is 5.32 Å². The molecule has 0 spiro atoms. The molecule has 1 aromatic carbocycles. The van der Waals surface area contributed by atoms with Gasteiger partial charge in [0.05, 0.1) is 0 Å². The number of ether oxygens (including phenoxy) is 1. The molecule has 1 aromatic rings. The molecule has 102 valence electrons. The van der Waals surface area contributed by atoms with Crippen LogP contribution in [0.1, 0.15) is 42.5 Å². The van der Waals surface area contributed by atoms with Crippen LogP contribution in [0.15, 0.2) is 30.3 Å². The third-order valence-corrected chi connectivity index (χ3v) is 3.60. The van der Waals surface area contributed by atoms with Gasteiger partial charge < -0.3 is 10.1 Å². The van der Waals surface area contributed by atoms with Crippen molar-refractivity contribution in [3.05, 3.63) is 35.9 Å². The number of amides is 1. The van der Waals surface area contributed by atoms with Gasteiger partial charge in [-0.1, -0.05) is 36.8 Å². The van der Waals surface area contributed by atoms with E-state index < -0.39 is 11.7 Å². The highest BCUT2D eigenvalue weighted by Gasteiger charge is 2.43. The Morgan fingerprint density at radius 1 is 1.11 bits per heavy atom. The van der Waals surface area contributed by atoms with Crippen molar-refractivity contribution < 1.29 is 14.3 Å². The molecule has 0 aromatic heterocycles. The fourth-order valence-electron chi connectivity index (χ4n) is 2.58. The normalized spacial score (nSPS) is 17.5. The number of carbonyl (C=O) groups excluding carboxylic acids is 2. The van der Waals surface area contributed by atoms with Gasteiger partial charge in [-0.3, -0.25) is 4.79 Å². The Morgan fingerprint density at radius 3 is 2.32 bits per heavy atom. The highest BCUT2D eigenvalue weighted by molar-refractivity contribution is 6.03. The lowest BCUT2D eigenvalue weighted by Gasteiger charge is -2.35. The zero-order valence-corrected chi connectivity index (χ0v) is 11.1. The van der Waals surface area contributed by atoms with E-state index in [4.69, 9.17) is 4.74 Å². The lowest BCUT2D eigenvalue weighted by atomic mass is 9.79. The van der Waals surface area contributed by atoms with E-state index in [9.17, 15) is 9.59 Å². The molecule has 0 unspecified atom stereocenters. The first-order chi connectivity index (χ1) is 9.18. The average molecular weight is 261 g/mol. The molecule has 0 bridgehead atoms.